The second-order valence-electron chi connectivity index (χ2n) is 6.05. The molecular formula is C19H14N2O4. The number of rotatable bonds is 4. The van der Waals surface area contributed by atoms with Crippen LogP contribution in [0.5, 0.6) is 0 Å². The summed E-state index contributed by atoms with van der Waals surface area (Å²) in [5.41, 5.74) is 4.14. The van der Waals surface area contributed by atoms with E-state index in [4.69, 9.17) is 5.11 Å². The van der Waals surface area contributed by atoms with E-state index in [1.807, 2.05) is 48.5 Å². The third-order valence-corrected chi connectivity index (χ3v) is 4.56. The van der Waals surface area contributed by atoms with Gasteiger partial charge in [0.25, 0.3) is 0 Å². The maximum atomic E-state index is 11.8. The summed E-state index contributed by atoms with van der Waals surface area (Å²) >= 11 is 0. The lowest BCUT2D eigenvalue weighted by Crippen LogP contribution is -2.25. The summed E-state index contributed by atoms with van der Waals surface area (Å²) in [6, 6.07) is 14.7. The molecule has 4 rings (SSSR count). The molecule has 2 aromatic carbocycles. The molecule has 6 nitrogen and oxygen atoms in total. The number of hydrogen-bond donors (Lipinski definition) is 2. The predicted octanol–water partition coefficient (Wildman–Crippen LogP) is 2.92. The second-order valence-corrected chi connectivity index (χ2v) is 6.05. The monoisotopic (exact) mass is 334 g/mol. The number of fused-ring (bicyclic) bond motifs is 4. The van der Waals surface area contributed by atoms with Gasteiger partial charge in [-0.05, 0) is 17.7 Å². The Morgan fingerprint density at radius 2 is 1.60 bits per heavy atom. The highest BCUT2D eigenvalue weighted by Crippen LogP contribution is 2.47. The molecule has 1 aliphatic rings. The van der Waals surface area contributed by atoms with Crippen LogP contribution >= 0.6 is 0 Å². The minimum atomic E-state index is -1.15. The summed E-state index contributed by atoms with van der Waals surface area (Å²) in [5, 5.41) is 18.8. The number of carboxylic acids is 2. The van der Waals surface area contributed by atoms with Crippen molar-refractivity contribution in [3.8, 4) is 11.3 Å². The van der Waals surface area contributed by atoms with E-state index >= 15 is 0 Å². The summed E-state index contributed by atoms with van der Waals surface area (Å²) in [4.78, 5) is 32.3. The lowest BCUT2D eigenvalue weighted by Gasteiger charge is -2.19. The van der Waals surface area contributed by atoms with Gasteiger partial charge >= 0.3 is 11.9 Å². The zero-order chi connectivity index (χ0) is 17.6. The van der Waals surface area contributed by atoms with Gasteiger partial charge in [-0.25, -0.2) is 9.97 Å². The Labute approximate surface area is 142 Å². The van der Waals surface area contributed by atoms with Gasteiger partial charge in [-0.1, -0.05) is 36.4 Å². The van der Waals surface area contributed by atoms with Crippen molar-refractivity contribution in [1.82, 2.24) is 9.97 Å². The normalized spacial score (nSPS) is 16.2. The van der Waals surface area contributed by atoms with Gasteiger partial charge in [-0.2, -0.15) is 0 Å². The fourth-order valence-electron chi connectivity index (χ4n) is 3.50. The fraction of sp³-hybridized carbons (Fsp3) is 0.158. The number of hydrogen-bond acceptors (Lipinski definition) is 4. The molecule has 2 N–H and O–H groups in total. The van der Waals surface area contributed by atoms with Crippen LogP contribution in [0.3, 0.4) is 0 Å². The van der Waals surface area contributed by atoms with Gasteiger partial charge in [0, 0.05) is 11.5 Å². The van der Waals surface area contributed by atoms with Crippen LogP contribution in [-0.4, -0.2) is 32.1 Å². The van der Waals surface area contributed by atoms with Crippen molar-refractivity contribution in [2.75, 3.05) is 0 Å². The summed E-state index contributed by atoms with van der Waals surface area (Å²) in [7, 11) is 0. The van der Waals surface area contributed by atoms with Gasteiger partial charge < -0.3 is 10.2 Å². The van der Waals surface area contributed by atoms with Crippen molar-refractivity contribution >= 4 is 23.0 Å². The average Bonchev–Trinajstić information content (AvgIpc) is 2.91. The Morgan fingerprint density at radius 1 is 0.960 bits per heavy atom. The van der Waals surface area contributed by atoms with Crippen LogP contribution in [0.4, 0.5) is 0 Å². The molecule has 0 bridgehead atoms. The zero-order valence-corrected chi connectivity index (χ0v) is 13.1. The van der Waals surface area contributed by atoms with Gasteiger partial charge in [0.1, 0.15) is 0 Å². The van der Waals surface area contributed by atoms with Gasteiger partial charge in [0.2, 0.25) is 0 Å². The molecule has 0 amide bonds. The molecule has 3 aromatic rings. The van der Waals surface area contributed by atoms with E-state index in [-0.39, 0.29) is 0 Å². The van der Waals surface area contributed by atoms with Crippen molar-refractivity contribution in [3.05, 3.63) is 59.8 Å². The maximum absolute atomic E-state index is 11.8. The Bertz CT molecular complexity index is 1020. The average molecular weight is 334 g/mol. The molecule has 6 heteroatoms. The minimum Gasteiger partial charge on any atom is -0.481 e. The van der Waals surface area contributed by atoms with E-state index in [9.17, 15) is 14.7 Å². The topological polar surface area (TPSA) is 100 Å². The molecule has 0 saturated carbocycles. The highest BCUT2D eigenvalue weighted by molar-refractivity contribution is 5.86. The van der Waals surface area contributed by atoms with Gasteiger partial charge in [0.05, 0.1) is 34.8 Å². The van der Waals surface area contributed by atoms with E-state index in [1.165, 1.54) is 0 Å². The SMILES string of the molecule is O=C(O)CC(C(=O)O)C1c2ccccc2-c2nc3ccccc3nc21. The molecule has 0 saturated heterocycles. The summed E-state index contributed by atoms with van der Waals surface area (Å²) in [5.74, 6) is -4.02. The van der Waals surface area contributed by atoms with Crippen molar-refractivity contribution in [2.45, 2.75) is 12.3 Å². The number of aromatic nitrogens is 2. The molecule has 1 aromatic heterocycles. The Morgan fingerprint density at radius 3 is 2.28 bits per heavy atom. The van der Waals surface area contributed by atoms with Crippen LogP contribution in [-0.2, 0) is 9.59 Å². The van der Waals surface area contributed by atoms with Crippen LogP contribution in [0.25, 0.3) is 22.3 Å². The van der Waals surface area contributed by atoms with Crippen LogP contribution in [0.15, 0.2) is 48.5 Å². The number of benzene rings is 2. The summed E-state index contributed by atoms with van der Waals surface area (Å²) in [6.45, 7) is 0. The number of aliphatic carboxylic acids is 2. The first kappa shape index (κ1) is 15.3. The first-order valence-corrected chi connectivity index (χ1v) is 7.87. The largest absolute Gasteiger partial charge is 0.481 e. The molecular weight excluding hydrogens is 320 g/mol. The summed E-state index contributed by atoms with van der Waals surface area (Å²) < 4.78 is 0. The standard InChI is InChI=1S/C19H14N2O4/c22-15(23)9-12(19(24)25)16-10-5-1-2-6-11(10)17-18(16)21-14-8-4-3-7-13(14)20-17/h1-8,12,16H,9H2,(H,22,23)(H,24,25). The molecule has 1 heterocycles. The minimum absolute atomic E-state index is 0.470. The molecule has 2 atom stereocenters. The van der Waals surface area contributed by atoms with E-state index in [2.05, 4.69) is 9.97 Å². The predicted molar refractivity (Wildman–Crippen MR) is 90.2 cm³/mol. The lowest BCUT2D eigenvalue weighted by molar-refractivity contribution is -0.148. The highest BCUT2D eigenvalue weighted by Gasteiger charge is 2.41. The van der Waals surface area contributed by atoms with Crippen LogP contribution in [0.2, 0.25) is 0 Å². The number of para-hydroxylation sites is 2. The van der Waals surface area contributed by atoms with E-state index in [1.54, 1.807) is 0 Å². The molecule has 25 heavy (non-hydrogen) atoms. The van der Waals surface area contributed by atoms with Crippen LogP contribution in [0.1, 0.15) is 23.6 Å². The number of nitrogens with zero attached hydrogens (tertiary/aromatic N) is 2. The van der Waals surface area contributed by atoms with Crippen molar-refractivity contribution < 1.29 is 19.8 Å². The van der Waals surface area contributed by atoms with Crippen molar-refractivity contribution in [1.29, 1.82) is 0 Å². The maximum Gasteiger partial charge on any atom is 0.308 e. The highest BCUT2D eigenvalue weighted by atomic mass is 16.4. The Balaban J connectivity index is 1.98. The molecule has 124 valence electrons. The van der Waals surface area contributed by atoms with Crippen molar-refractivity contribution in [3.63, 3.8) is 0 Å². The molecule has 0 radical (unpaired) electrons. The molecule has 0 fully saturated rings. The quantitative estimate of drug-likeness (QED) is 0.761. The summed E-state index contributed by atoms with van der Waals surface area (Å²) in [6.07, 6.45) is -0.470. The fourth-order valence-corrected chi connectivity index (χ4v) is 3.50. The third-order valence-electron chi connectivity index (χ3n) is 4.56. The van der Waals surface area contributed by atoms with Gasteiger partial charge in [0.15, 0.2) is 0 Å². The number of carbonyl (C=O) groups is 2. The molecule has 1 aliphatic carbocycles. The lowest BCUT2D eigenvalue weighted by atomic mass is 9.84. The molecule has 0 aliphatic heterocycles. The second kappa shape index (κ2) is 5.66. The van der Waals surface area contributed by atoms with Crippen LogP contribution < -0.4 is 0 Å². The molecule has 2 unspecified atom stereocenters. The Hall–Kier alpha value is -3.28. The third kappa shape index (κ3) is 2.42. The smallest absolute Gasteiger partial charge is 0.308 e. The van der Waals surface area contributed by atoms with E-state index in [0.29, 0.717) is 16.9 Å². The van der Waals surface area contributed by atoms with E-state index in [0.717, 1.165) is 16.6 Å². The van der Waals surface area contributed by atoms with Gasteiger partial charge in [-0.3, -0.25) is 9.59 Å². The number of carboxylic acid groups (broad SMARTS) is 2. The first-order chi connectivity index (χ1) is 12.1. The van der Waals surface area contributed by atoms with Crippen molar-refractivity contribution in [2.24, 2.45) is 5.92 Å². The zero-order valence-electron chi connectivity index (χ0n) is 13.1. The Kier molecular flexibility index (Phi) is 3.46. The molecule has 0 spiro atoms. The first-order valence-electron chi connectivity index (χ1n) is 7.87. The van der Waals surface area contributed by atoms with E-state index < -0.39 is 30.2 Å². The van der Waals surface area contributed by atoms with Crippen LogP contribution in [0, 0.1) is 5.92 Å². The van der Waals surface area contributed by atoms with Gasteiger partial charge in [-0.15, -0.1) is 0 Å².